The van der Waals surface area contributed by atoms with Gasteiger partial charge in [0, 0.05) is 6.20 Å². The zero-order chi connectivity index (χ0) is 16.2. The molecule has 3 rings (SSSR count). The van der Waals surface area contributed by atoms with E-state index in [1.807, 2.05) is 30.3 Å². The van der Waals surface area contributed by atoms with E-state index in [1.54, 1.807) is 30.5 Å². The summed E-state index contributed by atoms with van der Waals surface area (Å²) in [6.45, 7) is 0.394. The number of carbonyl (C=O) groups excluding carboxylic acids is 1. The highest BCUT2D eigenvalue weighted by Gasteiger charge is 2.34. The fourth-order valence-electron chi connectivity index (χ4n) is 2.47. The highest BCUT2D eigenvalue weighted by atomic mass is 16.5. The summed E-state index contributed by atoms with van der Waals surface area (Å²) >= 11 is 0. The smallest absolute Gasteiger partial charge is 0.269 e. The average Bonchev–Trinajstić information content (AvgIpc) is 2.59. The molecule has 1 aliphatic rings. The lowest BCUT2D eigenvalue weighted by molar-refractivity contribution is -0.126. The van der Waals surface area contributed by atoms with Gasteiger partial charge in [-0.15, -0.1) is 0 Å². The molecule has 0 radical (unpaired) electrons. The second kappa shape index (κ2) is 6.36. The molecule has 1 unspecified atom stereocenters. The third-order valence-electron chi connectivity index (χ3n) is 3.64. The van der Waals surface area contributed by atoms with Gasteiger partial charge < -0.3 is 14.4 Å². The van der Waals surface area contributed by atoms with Crippen molar-refractivity contribution in [3.05, 3.63) is 48.3 Å². The summed E-state index contributed by atoms with van der Waals surface area (Å²) in [6.07, 6.45) is 2.38. The van der Waals surface area contributed by atoms with Crippen LogP contribution in [0.5, 0.6) is 11.5 Å². The highest BCUT2D eigenvalue weighted by Crippen LogP contribution is 2.34. The molecular weight excluding hydrogens is 294 g/mol. The third kappa shape index (κ3) is 2.94. The summed E-state index contributed by atoms with van der Waals surface area (Å²) in [7, 11) is 1.61. The lowest BCUT2D eigenvalue weighted by Gasteiger charge is -2.33. The van der Waals surface area contributed by atoms with Crippen molar-refractivity contribution in [1.82, 2.24) is 4.98 Å². The summed E-state index contributed by atoms with van der Waals surface area (Å²) < 4.78 is 10.7. The number of fused-ring (bicyclic) bond motifs is 1. The number of nitriles is 1. The molecule has 0 fully saturated rings. The number of carbonyl (C=O) groups is 1. The molecular formula is C17H15N3O3. The molecule has 0 aliphatic carbocycles. The van der Waals surface area contributed by atoms with E-state index in [9.17, 15) is 4.79 Å². The van der Waals surface area contributed by atoms with E-state index in [2.05, 4.69) is 4.98 Å². The van der Waals surface area contributed by atoms with Crippen LogP contribution in [0.1, 0.15) is 12.0 Å². The Morgan fingerprint density at radius 1 is 1.35 bits per heavy atom. The molecule has 0 spiro atoms. The van der Waals surface area contributed by atoms with E-state index in [0.29, 0.717) is 18.0 Å². The van der Waals surface area contributed by atoms with Crippen molar-refractivity contribution < 1.29 is 14.3 Å². The van der Waals surface area contributed by atoms with Gasteiger partial charge in [0.25, 0.3) is 5.91 Å². The molecule has 6 nitrogen and oxygen atoms in total. The van der Waals surface area contributed by atoms with Crippen LogP contribution < -0.4 is 14.4 Å². The lowest BCUT2D eigenvalue weighted by Crippen LogP contribution is -2.45. The van der Waals surface area contributed by atoms with E-state index in [1.165, 1.54) is 0 Å². The van der Waals surface area contributed by atoms with Crippen molar-refractivity contribution >= 4 is 11.6 Å². The molecule has 23 heavy (non-hydrogen) atoms. The molecule has 1 aromatic carbocycles. The van der Waals surface area contributed by atoms with Crippen LogP contribution in [0.4, 0.5) is 5.69 Å². The van der Waals surface area contributed by atoms with Crippen LogP contribution >= 0.6 is 0 Å². The standard InChI is InChI=1S/C17H15N3O3/c1-22-13-4-2-12(3-5-13)11-20-14-7-9-19-10-16(14)23-15(6-8-18)17(20)21/h2-5,7,9-10,15H,6,11H2,1H3. The molecule has 1 amide bonds. The summed E-state index contributed by atoms with van der Waals surface area (Å²) in [6, 6.07) is 11.2. The maximum absolute atomic E-state index is 12.6. The molecule has 0 saturated carbocycles. The van der Waals surface area contributed by atoms with Gasteiger partial charge in [0.05, 0.1) is 38.0 Å². The van der Waals surface area contributed by atoms with E-state index in [4.69, 9.17) is 14.7 Å². The molecule has 0 saturated heterocycles. The van der Waals surface area contributed by atoms with Crippen LogP contribution in [0.2, 0.25) is 0 Å². The van der Waals surface area contributed by atoms with E-state index in [0.717, 1.165) is 11.3 Å². The SMILES string of the molecule is COc1ccc(CN2C(=O)C(CC#N)Oc3cnccc32)cc1. The van der Waals surface area contributed by atoms with Gasteiger partial charge in [-0.1, -0.05) is 12.1 Å². The number of pyridine rings is 1. The number of aromatic nitrogens is 1. The summed E-state index contributed by atoms with van der Waals surface area (Å²) in [5.74, 6) is 1.05. The maximum Gasteiger partial charge on any atom is 0.269 e. The van der Waals surface area contributed by atoms with E-state index < -0.39 is 6.10 Å². The largest absolute Gasteiger partial charge is 0.497 e. The van der Waals surface area contributed by atoms with Gasteiger partial charge in [-0.3, -0.25) is 9.78 Å². The molecule has 2 aromatic rings. The Bertz CT molecular complexity index is 752. The maximum atomic E-state index is 12.6. The number of hydrogen-bond acceptors (Lipinski definition) is 5. The zero-order valence-electron chi connectivity index (χ0n) is 12.6. The molecule has 1 aromatic heterocycles. The Kier molecular flexibility index (Phi) is 4.11. The van der Waals surface area contributed by atoms with Gasteiger partial charge in [-0.25, -0.2) is 0 Å². The van der Waals surface area contributed by atoms with Crippen LogP contribution in [0.25, 0.3) is 0 Å². The van der Waals surface area contributed by atoms with Crippen molar-refractivity contribution in [1.29, 1.82) is 5.26 Å². The van der Waals surface area contributed by atoms with Crippen LogP contribution in [-0.4, -0.2) is 24.1 Å². The Morgan fingerprint density at radius 3 is 2.83 bits per heavy atom. The minimum atomic E-state index is -0.796. The van der Waals surface area contributed by atoms with E-state index in [-0.39, 0.29) is 12.3 Å². The monoisotopic (exact) mass is 309 g/mol. The van der Waals surface area contributed by atoms with Gasteiger partial charge in [-0.2, -0.15) is 5.26 Å². The Balaban J connectivity index is 1.91. The van der Waals surface area contributed by atoms with Gasteiger partial charge in [0.15, 0.2) is 11.9 Å². The minimum absolute atomic E-state index is 0.00623. The summed E-state index contributed by atoms with van der Waals surface area (Å²) in [5.41, 5.74) is 1.62. The lowest BCUT2D eigenvalue weighted by atomic mass is 10.1. The number of amides is 1. The van der Waals surface area contributed by atoms with Gasteiger partial charge >= 0.3 is 0 Å². The number of anilines is 1. The Morgan fingerprint density at radius 2 is 2.13 bits per heavy atom. The molecule has 6 heteroatoms. The molecule has 1 aliphatic heterocycles. The molecule has 1 atom stereocenters. The van der Waals surface area contributed by atoms with Crippen molar-refractivity contribution in [3.8, 4) is 17.6 Å². The zero-order valence-corrected chi connectivity index (χ0v) is 12.6. The van der Waals surface area contributed by atoms with Crippen LogP contribution in [0, 0.1) is 11.3 Å². The van der Waals surface area contributed by atoms with Gasteiger partial charge in [0.2, 0.25) is 0 Å². The van der Waals surface area contributed by atoms with Crippen LogP contribution in [0.3, 0.4) is 0 Å². The number of ether oxygens (including phenoxy) is 2. The number of rotatable bonds is 4. The fourth-order valence-corrected chi connectivity index (χ4v) is 2.47. The second-order valence-electron chi connectivity index (χ2n) is 5.08. The highest BCUT2D eigenvalue weighted by molar-refractivity contribution is 5.99. The van der Waals surface area contributed by atoms with Gasteiger partial charge in [0.1, 0.15) is 5.75 Å². The number of methoxy groups -OCH3 is 1. The van der Waals surface area contributed by atoms with Crippen molar-refractivity contribution in [2.24, 2.45) is 0 Å². The molecule has 0 N–H and O–H groups in total. The summed E-state index contributed by atoms with van der Waals surface area (Å²) in [4.78, 5) is 18.3. The molecule has 0 bridgehead atoms. The first-order valence-electron chi connectivity index (χ1n) is 7.15. The second-order valence-corrected chi connectivity index (χ2v) is 5.08. The quantitative estimate of drug-likeness (QED) is 0.866. The minimum Gasteiger partial charge on any atom is -0.497 e. The van der Waals surface area contributed by atoms with E-state index >= 15 is 0 Å². The van der Waals surface area contributed by atoms with Crippen molar-refractivity contribution in [2.45, 2.75) is 19.1 Å². The Labute approximate surface area is 133 Å². The molecule has 116 valence electrons. The molecule has 2 heterocycles. The summed E-state index contributed by atoms with van der Waals surface area (Å²) in [5, 5.41) is 8.89. The first-order valence-corrected chi connectivity index (χ1v) is 7.15. The topological polar surface area (TPSA) is 75.5 Å². The average molecular weight is 309 g/mol. The number of nitrogens with zero attached hydrogens (tertiary/aromatic N) is 3. The van der Waals surface area contributed by atoms with Gasteiger partial charge in [-0.05, 0) is 23.8 Å². The predicted octanol–water partition coefficient (Wildman–Crippen LogP) is 2.30. The number of hydrogen-bond donors (Lipinski definition) is 0. The predicted molar refractivity (Wildman–Crippen MR) is 83.1 cm³/mol. The first kappa shape index (κ1) is 14.9. The third-order valence-corrected chi connectivity index (χ3v) is 3.64. The first-order chi connectivity index (χ1) is 11.2. The number of benzene rings is 1. The normalized spacial score (nSPS) is 16.3. The van der Waals surface area contributed by atoms with Crippen LogP contribution in [0.15, 0.2) is 42.7 Å². The fraction of sp³-hybridized carbons (Fsp3) is 0.235. The van der Waals surface area contributed by atoms with Crippen LogP contribution in [-0.2, 0) is 11.3 Å². The van der Waals surface area contributed by atoms with Crippen molar-refractivity contribution in [3.63, 3.8) is 0 Å². The van der Waals surface area contributed by atoms with Crippen molar-refractivity contribution in [2.75, 3.05) is 12.0 Å². The Hall–Kier alpha value is -3.07.